The van der Waals surface area contributed by atoms with Crippen molar-refractivity contribution in [2.45, 2.75) is 26.2 Å². The molecule has 0 N–H and O–H groups in total. The van der Waals surface area contributed by atoms with Crippen LogP contribution >= 0.6 is 0 Å². The lowest BCUT2D eigenvalue weighted by Crippen LogP contribution is -2.41. The standard InChI is InChI=1S/C19H27N3O2/c1-16-7-2-3-8-17(16)19(24)22-12-6-9-20(13-14-22)15-18(23)21-10-4-5-11-21/h2-3,7-8H,4-6,9-15H2,1H3. The van der Waals surface area contributed by atoms with Crippen molar-refractivity contribution in [1.82, 2.24) is 14.7 Å². The highest BCUT2D eigenvalue weighted by molar-refractivity contribution is 5.95. The molecule has 0 saturated carbocycles. The second-order valence-corrected chi connectivity index (χ2v) is 6.82. The van der Waals surface area contributed by atoms with E-state index < -0.39 is 0 Å². The van der Waals surface area contributed by atoms with E-state index >= 15 is 0 Å². The van der Waals surface area contributed by atoms with Crippen molar-refractivity contribution >= 4 is 11.8 Å². The van der Waals surface area contributed by atoms with Crippen molar-refractivity contribution in [2.24, 2.45) is 0 Å². The van der Waals surface area contributed by atoms with Crippen molar-refractivity contribution in [1.29, 1.82) is 0 Å². The van der Waals surface area contributed by atoms with Crippen molar-refractivity contribution in [3.8, 4) is 0 Å². The SMILES string of the molecule is Cc1ccccc1C(=O)N1CCCN(CC(=O)N2CCCC2)CC1. The van der Waals surface area contributed by atoms with Crippen LogP contribution in [0.5, 0.6) is 0 Å². The first-order chi connectivity index (χ1) is 11.6. The summed E-state index contributed by atoms with van der Waals surface area (Å²) < 4.78 is 0. The molecule has 0 radical (unpaired) electrons. The topological polar surface area (TPSA) is 43.9 Å². The molecule has 3 rings (SSSR count). The van der Waals surface area contributed by atoms with Crippen LogP contribution in [-0.2, 0) is 4.79 Å². The summed E-state index contributed by atoms with van der Waals surface area (Å²) in [5.41, 5.74) is 1.81. The lowest BCUT2D eigenvalue weighted by Gasteiger charge is -2.24. The quantitative estimate of drug-likeness (QED) is 0.849. The number of likely N-dealkylation sites (tertiary alicyclic amines) is 1. The van der Waals surface area contributed by atoms with Gasteiger partial charge >= 0.3 is 0 Å². The third-order valence-corrected chi connectivity index (χ3v) is 5.07. The van der Waals surface area contributed by atoms with E-state index in [2.05, 4.69) is 4.90 Å². The third kappa shape index (κ3) is 3.96. The molecule has 0 atom stereocenters. The van der Waals surface area contributed by atoms with Gasteiger partial charge in [-0.05, 0) is 37.8 Å². The maximum absolute atomic E-state index is 12.7. The van der Waals surface area contributed by atoms with Gasteiger partial charge in [0.25, 0.3) is 5.91 Å². The lowest BCUT2D eigenvalue weighted by molar-refractivity contribution is -0.131. The van der Waals surface area contributed by atoms with E-state index in [0.29, 0.717) is 13.1 Å². The van der Waals surface area contributed by atoms with Gasteiger partial charge in [0, 0.05) is 44.8 Å². The van der Waals surface area contributed by atoms with E-state index in [9.17, 15) is 9.59 Å². The number of nitrogens with zero attached hydrogens (tertiary/aromatic N) is 3. The van der Waals surface area contributed by atoms with Crippen molar-refractivity contribution in [3.63, 3.8) is 0 Å². The molecule has 0 spiro atoms. The summed E-state index contributed by atoms with van der Waals surface area (Å²) in [5.74, 6) is 0.354. The van der Waals surface area contributed by atoms with Crippen LogP contribution in [0, 0.1) is 6.92 Å². The van der Waals surface area contributed by atoms with Crippen LogP contribution in [0.2, 0.25) is 0 Å². The molecule has 0 bridgehead atoms. The van der Waals surface area contributed by atoms with Gasteiger partial charge in [0.05, 0.1) is 6.54 Å². The Labute approximate surface area is 144 Å². The molecule has 2 heterocycles. The van der Waals surface area contributed by atoms with Gasteiger partial charge in [-0.3, -0.25) is 14.5 Å². The molecule has 1 aromatic carbocycles. The Morgan fingerprint density at radius 3 is 2.33 bits per heavy atom. The maximum atomic E-state index is 12.7. The third-order valence-electron chi connectivity index (χ3n) is 5.07. The van der Waals surface area contributed by atoms with Gasteiger partial charge in [0.2, 0.25) is 5.91 Å². The summed E-state index contributed by atoms with van der Waals surface area (Å²) in [4.78, 5) is 31.2. The zero-order valence-corrected chi connectivity index (χ0v) is 14.5. The van der Waals surface area contributed by atoms with Gasteiger partial charge in [-0.2, -0.15) is 0 Å². The molecule has 2 aliphatic heterocycles. The summed E-state index contributed by atoms with van der Waals surface area (Å²) in [6, 6.07) is 7.75. The van der Waals surface area contributed by atoms with Gasteiger partial charge in [-0.25, -0.2) is 0 Å². The second-order valence-electron chi connectivity index (χ2n) is 6.82. The first-order valence-corrected chi connectivity index (χ1v) is 9.00. The van der Waals surface area contributed by atoms with Crippen LogP contribution in [-0.4, -0.2) is 72.3 Å². The number of aryl methyl sites for hydroxylation is 1. The highest BCUT2D eigenvalue weighted by Crippen LogP contribution is 2.14. The first-order valence-electron chi connectivity index (χ1n) is 9.00. The first kappa shape index (κ1) is 17.0. The Morgan fingerprint density at radius 2 is 1.58 bits per heavy atom. The van der Waals surface area contributed by atoms with Crippen LogP contribution < -0.4 is 0 Å². The molecule has 5 heteroatoms. The van der Waals surface area contributed by atoms with Crippen molar-refractivity contribution in [3.05, 3.63) is 35.4 Å². The molecule has 5 nitrogen and oxygen atoms in total. The zero-order valence-electron chi connectivity index (χ0n) is 14.5. The fraction of sp³-hybridized carbons (Fsp3) is 0.579. The maximum Gasteiger partial charge on any atom is 0.254 e. The van der Waals surface area contributed by atoms with Gasteiger partial charge in [-0.1, -0.05) is 18.2 Å². The number of rotatable bonds is 3. The number of amides is 2. The van der Waals surface area contributed by atoms with Gasteiger partial charge in [-0.15, -0.1) is 0 Å². The summed E-state index contributed by atoms with van der Waals surface area (Å²) >= 11 is 0. The summed E-state index contributed by atoms with van der Waals surface area (Å²) in [7, 11) is 0. The largest absolute Gasteiger partial charge is 0.342 e. The highest BCUT2D eigenvalue weighted by atomic mass is 16.2. The molecule has 2 fully saturated rings. The Morgan fingerprint density at radius 1 is 0.875 bits per heavy atom. The number of carbonyl (C=O) groups is 2. The van der Waals surface area contributed by atoms with Crippen LogP contribution in [0.4, 0.5) is 0 Å². The minimum atomic E-state index is 0.112. The Kier molecular flexibility index (Phi) is 5.51. The predicted octanol–water partition coefficient (Wildman–Crippen LogP) is 1.77. The number of hydrogen-bond acceptors (Lipinski definition) is 3. The van der Waals surface area contributed by atoms with Crippen LogP contribution in [0.3, 0.4) is 0 Å². The molecule has 2 aliphatic rings. The van der Waals surface area contributed by atoms with Crippen molar-refractivity contribution < 1.29 is 9.59 Å². The van der Waals surface area contributed by atoms with Crippen LogP contribution in [0.15, 0.2) is 24.3 Å². The Bertz CT molecular complexity index is 596. The Balaban J connectivity index is 1.56. The molecule has 0 aliphatic carbocycles. The average Bonchev–Trinajstić information content (AvgIpc) is 3.02. The molecule has 130 valence electrons. The summed E-state index contributed by atoms with van der Waals surface area (Å²) in [6.07, 6.45) is 3.18. The highest BCUT2D eigenvalue weighted by Gasteiger charge is 2.24. The second kappa shape index (κ2) is 7.79. The lowest BCUT2D eigenvalue weighted by atomic mass is 10.1. The van der Waals surface area contributed by atoms with E-state index in [1.807, 2.05) is 41.0 Å². The fourth-order valence-electron chi connectivity index (χ4n) is 3.57. The van der Waals surface area contributed by atoms with Gasteiger partial charge < -0.3 is 9.80 Å². The zero-order chi connectivity index (χ0) is 16.9. The summed E-state index contributed by atoms with van der Waals surface area (Å²) in [6.45, 7) is 7.41. The van der Waals surface area contributed by atoms with Crippen LogP contribution in [0.1, 0.15) is 35.2 Å². The molecular formula is C19H27N3O2. The smallest absolute Gasteiger partial charge is 0.254 e. The number of carbonyl (C=O) groups excluding carboxylic acids is 2. The van der Waals surface area contributed by atoms with E-state index in [1.54, 1.807) is 0 Å². The molecule has 24 heavy (non-hydrogen) atoms. The molecule has 1 aromatic rings. The van der Waals surface area contributed by atoms with Gasteiger partial charge in [0.1, 0.15) is 0 Å². The number of hydrogen-bond donors (Lipinski definition) is 0. The average molecular weight is 329 g/mol. The minimum Gasteiger partial charge on any atom is -0.342 e. The molecule has 0 aromatic heterocycles. The van der Waals surface area contributed by atoms with Crippen LogP contribution in [0.25, 0.3) is 0 Å². The normalized spacial score (nSPS) is 19.4. The summed E-state index contributed by atoms with van der Waals surface area (Å²) in [5, 5.41) is 0. The molecule has 0 unspecified atom stereocenters. The fourth-order valence-corrected chi connectivity index (χ4v) is 3.57. The van der Waals surface area contributed by atoms with E-state index in [-0.39, 0.29) is 11.8 Å². The number of benzene rings is 1. The minimum absolute atomic E-state index is 0.112. The molecular weight excluding hydrogens is 302 g/mol. The molecule has 2 saturated heterocycles. The monoisotopic (exact) mass is 329 g/mol. The van der Waals surface area contributed by atoms with E-state index in [4.69, 9.17) is 0 Å². The Hall–Kier alpha value is -1.88. The van der Waals surface area contributed by atoms with E-state index in [0.717, 1.165) is 63.1 Å². The predicted molar refractivity (Wildman–Crippen MR) is 94.0 cm³/mol. The van der Waals surface area contributed by atoms with E-state index in [1.165, 1.54) is 0 Å². The van der Waals surface area contributed by atoms with Crippen molar-refractivity contribution in [2.75, 3.05) is 45.8 Å². The van der Waals surface area contributed by atoms with Gasteiger partial charge in [0.15, 0.2) is 0 Å². The molecule has 2 amide bonds.